The molecule has 0 unspecified atom stereocenters. The standard InChI is InChI=1S/C7H16.C2H5.CH3.4Y/c1-3-5-7-6-4-2;1-2;;;;;/h3-7H2,1-2H3;1H2,2H3;1H3;;;;/q;2*-1;;;;. The van der Waals surface area contributed by atoms with Gasteiger partial charge in [0.15, 0.2) is 0 Å². The van der Waals surface area contributed by atoms with Crippen LogP contribution in [0, 0.1) is 14.4 Å². The van der Waals surface area contributed by atoms with Crippen LogP contribution in [0.3, 0.4) is 0 Å². The smallest absolute Gasteiger partial charge is 0 e. The van der Waals surface area contributed by atoms with Gasteiger partial charge in [0.2, 0.25) is 0 Å². The summed E-state index contributed by atoms with van der Waals surface area (Å²) in [5, 5.41) is 0. The molecule has 0 N–H and O–H groups in total. The van der Waals surface area contributed by atoms with Crippen LogP contribution in [0.25, 0.3) is 0 Å². The number of hydrogen-bond acceptors (Lipinski definition) is 0. The van der Waals surface area contributed by atoms with Crippen molar-refractivity contribution in [2.45, 2.75) is 52.9 Å². The van der Waals surface area contributed by atoms with Crippen molar-refractivity contribution in [1.29, 1.82) is 0 Å². The molecule has 4 radical (unpaired) electrons. The van der Waals surface area contributed by atoms with Gasteiger partial charge in [0, 0.05) is 131 Å². The minimum atomic E-state index is 0. The molecule has 0 amide bonds. The molecule has 4 heteroatoms. The molecule has 0 aliphatic heterocycles. The topological polar surface area (TPSA) is 0 Å². The molecule has 0 aromatic heterocycles. The van der Waals surface area contributed by atoms with E-state index in [-0.39, 0.29) is 138 Å². The van der Waals surface area contributed by atoms with Gasteiger partial charge in [-0.25, -0.2) is 0 Å². The van der Waals surface area contributed by atoms with Gasteiger partial charge in [-0.1, -0.05) is 46.0 Å². The van der Waals surface area contributed by atoms with Crippen molar-refractivity contribution >= 4 is 0 Å². The van der Waals surface area contributed by atoms with Crippen LogP contribution in [-0.2, 0) is 131 Å². The zero-order valence-electron chi connectivity index (χ0n) is 10.6. The molecule has 0 aromatic rings. The van der Waals surface area contributed by atoms with E-state index >= 15 is 0 Å². The van der Waals surface area contributed by atoms with Crippen LogP contribution in [-0.4, -0.2) is 0 Å². The van der Waals surface area contributed by atoms with E-state index in [0.29, 0.717) is 0 Å². The third kappa shape index (κ3) is 55.1. The van der Waals surface area contributed by atoms with E-state index in [1.807, 2.05) is 0 Å². The normalized spacial score (nSPS) is 5.14. The van der Waals surface area contributed by atoms with Crippen molar-refractivity contribution in [3.8, 4) is 0 Å². The second-order valence-electron chi connectivity index (χ2n) is 2.06. The molecular weight excluding hydrogens is 476 g/mol. The summed E-state index contributed by atoms with van der Waals surface area (Å²) in [4.78, 5) is 0. The summed E-state index contributed by atoms with van der Waals surface area (Å²) in [6.07, 6.45) is 7.01. The Balaban J connectivity index is -0.0000000132. The van der Waals surface area contributed by atoms with Crippen LogP contribution >= 0.6 is 0 Å². The van der Waals surface area contributed by atoms with E-state index in [9.17, 15) is 0 Å². The summed E-state index contributed by atoms with van der Waals surface area (Å²) in [5.41, 5.74) is 0. The van der Waals surface area contributed by atoms with Crippen molar-refractivity contribution < 1.29 is 131 Å². The van der Waals surface area contributed by atoms with Crippen LogP contribution in [0.15, 0.2) is 0 Å². The summed E-state index contributed by atoms with van der Waals surface area (Å²) >= 11 is 0. The van der Waals surface area contributed by atoms with E-state index in [0.717, 1.165) is 0 Å². The summed E-state index contributed by atoms with van der Waals surface area (Å²) in [6, 6.07) is 0. The van der Waals surface area contributed by atoms with E-state index in [4.69, 9.17) is 0 Å². The zero-order valence-corrected chi connectivity index (χ0v) is 21.9. The fourth-order valence-corrected chi connectivity index (χ4v) is 0.677. The molecule has 0 bridgehead atoms. The Morgan fingerprint density at radius 2 is 0.857 bits per heavy atom. The first kappa shape index (κ1) is 42.9. The molecule has 0 atom stereocenters. The van der Waals surface area contributed by atoms with E-state index < -0.39 is 0 Å². The molecule has 0 saturated heterocycles. The van der Waals surface area contributed by atoms with E-state index in [1.165, 1.54) is 32.1 Å². The predicted molar refractivity (Wildman–Crippen MR) is 51.9 cm³/mol. The minimum absolute atomic E-state index is 0. The Labute approximate surface area is 194 Å². The first-order chi connectivity index (χ1) is 4.41. The number of hydrogen-bond donors (Lipinski definition) is 0. The average molecular weight is 500 g/mol. The molecule has 0 aromatic carbocycles. The fourth-order valence-electron chi connectivity index (χ4n) is 0.677. The summed E-state index contributed by atoms with van der Waals surface area (Å²) in [6.45, 7) is 9.49. The van der Waals surface area contributed by atoms with Crippen molar-refractivity contribution in [2.75, 3.05) is 0 Å². The van der Waals surface area contributed by atoms with Gasteiger partial charge in [-0.15, -0.1) is 0 Å². The molecule has 78 valence electrons. The van der Waals surface area contributed by atoms with Crippen molar-refractivity contribution in [3.05, 3.63) is 14.4 Å². The summed E-state index contributed by atoms with van der Waals surface area (Å²) in [5.74, 6) is 0. The van der Waals surface area contributed by atoms with Gasteiger partial charge in [-0.05, 0) is 0 Å². The Kier molecular flexibility index (Phi) is 162. The molecule has 0 nitrogen and oxygen atoms in total. The Morgan fingerprint density at radius 3 is 1.00 bits per heavy atom. The predicted octanol–water partition coefficient (Wildman–Crippen LogP) is 4.26. The maximum atomic E-state index is 3.25. The quantitative estimate of drug-likeness (QED) is 0.401. The second kappa shape index (κ2) is 52.9. The van der Waals surface area contributed by atoms with Gasteiger partial charge in [0.05, 0.1) is 0 Å². The van der Waals surface area contributed by atoms with Gasteiger partial charge in [0.1, 0.15) is 0 Å². The van der Waals surface area contributed by atoms with Crippen LogP contribution in [0.4, 0.5) is 0 Å². The maximum absolute atomic E-state index is 3.25. The number of rotatable bonds is 4. The van der Waals surface area contributed by atoms with E-state index in [1.54, 1.807) is 6.92 Å². The third-order valence-electron chi connectivity index (χ3n) is 1.21. The van der Waals surface area contributed by atoms with Gasteiger partial charge < -0.3 is 14.4 Å². The first-order valence-corrected chi connectivity index (χ1v) is 4.12. The molecule has 0 aliphatic rings. The Bertz CT molecular complexity index is 31.3. The van der Waals surface area contributed by atoms with E-state index in [2.05, 4.69) is 20.8 Å². The molecular formula is C10H24Y4-2. The van der Waals surface area contributed by atoms with Gasteiger partial charge in [-0.3, -0.25) is 0 Å². The van der Waals surface area contributed by atoms with Crippen LogP contribution in [0.2, 0.25) is 0 Å². The minimum Gasteiger partial charge on any atom is -0.358 e. The fraction of sp³-hybridized carbons (Fsp3) is 0.800. The summed E-state index contributed by atoms with van der Waals surface area (Å²) in [7, 11) is 0. The van der Waals surface area contributed by atoms with Crippen molar-refractivity contribution in [1.82, 2.24) is 0 Å². The maximum Gasteiger partial charge on any atom is 0 e. The average Bonchev–Trinajstić information content (AvgIpc) is 1.94. The second-order valence-corrected chi connectivity index (χ2v) is 2.06. The molecule has 0 saturated carbocycles. The molecule has 0 spiro atoms. The molecule has 0 rings (SSSR count). The van der Waals surface area contributed by atoms with Gasteiger partial charge in [-0.2, -0.15) is 6.92 Å². The van der Waals surface area contributed by atoms with Gasteiger partial charge in [0.25, 0.3) is 0 Å². The van der Waals surface area contributed by atoms with Crippen LogP contribution in [0.1, 0.15) is 52.9 Å². The first-order valence-electron chi connectivity index (χ1n) is 4.12. The molecule has 0 heterocycles. The zero-order chi connectivity index (χ0) is 7.54. The summed E-state index contributed by atoms with van der Waals surface area (Å²) < 4.78 is 0. The SMILES string of the molecule is CCCCCCC.[CH2-]C.[CH3-].[Y].[Y].[Y].[Y]. The largest absolute Gasteiger partial charge is 0.358 e. The molecule has 14 heavy (non-hydrogen) atoms. The van der Waals surface area contributed by atoms with Crippen molar-refractivity contribution in [2.24, 2.45) is 0 Å². The Morgan fingerprint density at radius 1 is 0.643 bits per heavy atom. The van der Waals surface area contributed by atoms with Crippen LogP contribution < -0.4 is 0 Å². The Hall–Kier alpha value is 4.42. The van der Waals surface area contributed by atoms with Gasteiger partial charge >= 0.3 is 0 Å². The molecule has 0 aliphatic carbocycles. The van der Waals surface area contributed by atoms with Crippen LogP contribution in [0.5, 0.6) is 0 Å². The third-order valence-corrected chi connectivity index (χ3v) is 1.21. The number of unbranched alkanes of at least 4 members (excludes halogenated alkanes) is 4. The molecule has 0 fully saturated rings. The van der Waals surface area contributed by atoms with Crippen molar-refractivity contribution in [3.63, 3.8) is 0 Å². The monoisotopic (exact) mass is 500 g/mol.